The first-order valence-electron chi connectivity index (χ1n) is 7.31. The van der Waals surface area contributed by atoms with Gasteiger partial charge in [0.2, 0.25) is 5.91 Å². The summed E-state index contributed by atoms with van der Waals surface area (Å²) >= 11 is 1.18. The van der Waals surface area contributed by atoms with Crippen molar-refractivity contribution in [3.63, 3.8) is 0 Å². The predicted octanol–water partition coefficient (Wildman–Crippen LogP) is 2.43. The minimum absolute atomic E-state index is 0.115. The Morgan fingerprint density at radius 3 is 2.54 bits per heavy atom. The molecule has 0 fully saturated rings. The quantitative estimate of drug-likeness (QED) is 0.736. The number of Topliss-reactive ketones (excluding diaryl/α,β-unsaturated/α-hetero) is 1. The van der Waals surface area contributed by atoms with Crippen LogP contribution in [0.25, 0.3) is 0 Å². The van der Waals surface area contributed by atoms with E-state index in [4.69, 9.17) is 0 Å². The number of hydrogen-bond acceptors (Lipinski definition) is 5. The fourth-order valence-electron chi connectivity index (χ4n) is 1.95. The third-order valence-electron chi connectivity index (χ3n) is 3.23. The molecule has 0 aliphatic carbocycles. The Labute approximate surface area is 145 Å². The van der Waals surface area contributed by atoms with Crippen LogP contribution in [0.2, 0.25) is 0 Å². The first kappa shape index (κ1) is 18.3. The lowest BCUT2D eigenvalue weighted by Crippen LogP contribution is -2.32. The highest BCUT2D eigenvalue weighted by atomic mass is 32.2. The molecule has 6 nitrogen and oxygen atoms in total. The number of hydrogen-bond donors (Lipinski definition) is 2. The fourth-order valence-corrected chi connectivity index (χ4v) is 4.27. The number of thiophene rings is 1. The van der Waals surface area contributed by atoms with E-state index < -0.39 is 15.9 Å². The van der Waals surface area contributed by atoms with Gasteiger partial charge in [-0.3, -0.25) is 9.59 Å². The third kappa shape index (κ3) is 4.73. The molecule has 8 heteroatoms. The van der Waals surface area contributed by atoms with Crippen LogP contribution in [0.15, 0.2) is 40.6 Å². The van der Waals surface area contributed by atoms with E-state index in [1.165, 1.54) is 24.3 Å². The fraction of sp³-hybridized carbons (Fsp3) is 0.250. The lowest BCUT2D eigenvalue weighted by molar-refractivity contribution is -0.115. The Morgan fingerprint density at radius 2 is 1.92 bits per heavy atom. The summed E-state index contributed by atoms with van der Waals surface area (Å²) in [7, 11) is -3.70. The third-order valence-corrected chi connectivity index (χ3v) is 6.35. The first-order valence-corrected chi connectivity index (χ1v) is 9.61. The molecule has 1 aromatic heterocycles. The Bertz CT molecular complexity index is 856. The number of amides is 1. The van der Waals surface area contributed by atoms with Crippen LogP contribution in [0, 0.1) is 0 Å². The summed E-state index contributed by atoms with van der Waals surface area (Å²) in [5.41, 5.74) is 0.912. The lowest BCUT2D eigenvalue weighted by Gasteiger charge is -2.07. The molecule has 0 aliphatic heterocycles. The van der Waals surface area contributed by atoms with Crippen LogP contribution in [-0.4, -0.2) is 26.7 Å². The molecule has 0 aliphatic rings. The van der Waals surface area contributed by atoms with Crippen LogP contribution >= 0.6 is 11.3 Å². The second-order valence-electron chi connectivity index (χ2n) is 5.08. The van der Waals surface area contributed by atoms with Crippen LogP contribution in [0.5, 0.6) is 0 Å². The molecule has 0 spiro atoms. The zero-order valence-electron chi connectivity index (χ0n) is 13.3. The van der Waals surface area contributed by atoms with Gasteiger partial charge in [0.05, 0.1) is 6.54 Å². The van der Waals surface area contributed by atoms with Crippen LogP contribution < -0.4 is 10.0 Å². The van der Waals surface area contributed by atoms with Gasteiger partial charge < -0.3 is 5.32 Å². The molecular weight excluding hydrogens is 348 g/mol. The van der Waals surface area contributed by atoms with Crippen molar-refractivity contribution >= 4 is 38.7 Å². The van der Waals surface area contributed by atoms with E-state index in [0.717, 1.165) is 11.3 Å². The standard InChI is InChI=1S/C16H18N2O4S2/c1-3-14-7-8-16(23-14)24(21,22)17-10-15(20)18-13-6-4-5-12(9-13)11(2)19/h4-9,17H,3,10H2,1-2H3,(H,18,20). The topological polar surface area (TPSA) is 92.3 Å². The largest absolute Gasteiger partial charge is 0.325 e. The molecule has 0 bridgehead atoms. The summed E-state index contributed by atoms with van der Waals surface area (Å²) in [6.07, 6.45) is 0.757. The van der Waals surface area contributed by atoms with Crippen molar-refractivity contribution in [2.24, 2.45) is 0 Å². The van der Waals surface area contributed by atoms with Gasteiger partial charge in [0.15, 0.2) is 5.78 Å². The van der Waals surface area contributed by atoms with Crippen LogP contribution in [0.3, 0.4) is 0 Å². The van der Waals surface area contributed by atoms with Crippen LogP contribution in [-0.2, 0) is 21.2 Å². The van der Waals surface area contributed by atoms with Gasteiger partial charge in [0.25, 0.3) is 10.0 Å². The van der Waals surface area contributed by atoms with Gasteiger partial charge >= 0.3 is 0 Å². The maximum atomic E-state index is 12.1. The molecule has 1 heterocycles. The van der Waals surface area contributed by atoms with Crippen LogP contribution in [0.1, 0.15) is 29.1 Å². The Kier molecular flexibility index (Phi) is 5.87. The summed E-state index contributed by atoms with van der Waals surface area (Å²) in [5.74, 6) is -0.622. The van der Waals surface area contributed by atoms with Gasteiger partial charge in [-0.2, -0.15) is 0 Å². The molecular formula is C16H18N2O4S2. The molecule has 128 valence electrons. The highest BCUT2D eigenvalue weighted by Crippen LogP contribution is 2.21. The first-order chi connectivity index (χ1) is 11.3. The summed E-state index contributed by atoms with van der Waals surface area (Å²) in [6, 6.07) is 9.75. The predicted molar refractivity (Wildman–Crippen MR) is 94.0 cm³/mol. The number of aryl methyl sites for hydroxylation is 1. The Morgan fingerprint density at radius 1 is 1.17 bits per heavy atom. The molecule has 0 saturated carbocycles. The van der Waals surface area contributed by atoms with Gasteiger partial charge in [-0.25, -0.2) is 13.1 Å². The van der Waals surface area contributed by atoms with Crippen LogP contribution in [0.4, 0.5) is 5.69 Å². The number of nitrogens with one attached hydrogen (secondary N) is 2. The van der Waals surface area contributed by atoms with Crippen molar-refractivity contribution in [3.05, 3.63) is 46.8 Å². The highest BCUT2D eigenvalue weighted by molar-refractivity contribution is 7.91. The van der Waals surface area contributed by atoms with Gasteiger partial charge in [0, 0.05) is 16.1 Å². The molecule has 1 amide bonds. The van der Waals surface area contributed by atoms with Crippen molar-refractivity contribution in [3.8, 4) is 0 Å². The van der Waals surface area contributed by atoms with E-state index in [2.05, 4.69) is 10.0 Å². The average Bonchev–Trinajstić information content (AvgIpc) is 3.03. The zero-order chi connectivity index (χ0) is 17.7. The van der Waals surface area contributed by atoms with Gasteiger partial charge in [0.1, 0.15) is 4.21 Å². The van der Waals surface area contributed by atoms with Gasteiger partial charge in [-0.1, -0.05) is 19.1 Å². The minimum atomic E-state index is -3.70. The van der Waals surface area contributed by atoms with E-state index >= 15 is 0 Å². The van der Waals surface area contributed by atoms with Gasteiger partial charge in [-0.05, 0) is 37.6 Å². The summed E-state index contributed by atoms with van der Waals surface area (Å²) in [5, 5.41) is 2.56. The summed E-state index contributed by atoms with van der Waals surface area (Å²) < 4.78 is 26.7. The normalized spacial score (nSPS) is 11.2. The van der Waals surface area contributed by atoms with E-state index in [9.17, 15) is 18.0 Å². The van der Waals surface area contributed by atoms with Gasteiger partial charge in [-0.15, -0.1) is 11.3 Å². The number of benzene rings is 1. The zero-order valence-corrected chi connectivity index (χ0v) is 15.0. The summed E-state index contributed by atoms with van der Waals surface area (Å²) in [4.78, 5) is 24.2. The minimum Gasteiger partial charge on any atom is -0.325 e. The lowest BCUT2D eigenvalue weighted by atomic mass is 10.1. The SMILES string of the molecule is CCc1ccc(S(=O)(=O)NCC(=O)Nc2cccc(C(C)=O)c2)s1. The second kappa shape index (κ2) is 7.69. The Balaban J connectivity index is 1.97. The molecule has 1 aromatic carbocycles. The van der Waals surface area contributed by atoms with E-state index in [1.54, 1.807) is 30.3 Å². The van der Waals surface area contributed by atoms with Crippen molar-refractivity contribution in [2.45, 2.75) is 24.5 Å². The number of sulfonamides is 1. The molecule has 2 rings (SSSR count). The number of ketones is 1. The molecule has 2 aromatic rings. The maximum Gasteiger partial charge on any atom is 0.250 e. The maximum absolute atomic E-state index is 12.1. The van der Waals surface area contributed by atoms with Crippen molar-refractivity contribution in [1.29, 1.82) is 0 Å². The smallest absolute Gasteiger partial charge is 0.250 e. The monoisotopic (exact) mass is 366 g/mol. The van der Waals surface area contributed by atoms with E-state index in [-0.39, 0.29) is 16.5 Å². The molecule has 0 saturated heterocycles. The summed E-state index contributed by atoms with van der Waals surface area (Å²) in [6.45, 7) is 2.99. The molecule has 0 radical (unpaired) electrons. The molecule has 2 N–H and O–H groups in total. The Hall–Kier alpha value is -2.03. The molecule has 24 heavy (non-hydrogen) atoms. The van der Waals surface area contributed by atoms with E-state index in [0.29, 0.717) is 11.3 Å². The van der Waals surface area contributed by atoms with Crippen molar-refractivity contribution < 1.29 is 18.0 Å². The van der Waals surface area contributed by atoms with Crippen molar-refractivity contribution in [1.82, 2.24) is 4.72 Å². The number of anilines is 1. The second-order valence-corrected chi connectivity index (χ2v) is 8.25. The van der Waals surface area contributed by atoms with Crippen molar-refractivity contribution in [2.75, 3.05) is 11.9 Å². The molecule has 0 atom stereocenters. The average molecular weight is 366 g/mol. The van der Waals surface area contributed by atoms with E-state index in [1.807, 2.05) is 6.92 Å². The number of carbonyl (C=O) groups excluding carboxylic acids is 2. The molecule has 0 unspecified atom stereocenters. The number of rotatable bonds is 7. The number of carbonyl (C=O) groups is 2. The highest BCUT2D eigenvalue weighted by Gasteiger charge is 2.17.